The summed E-state index contributed by atoms with van der Waals surface area (Å²) in [4.78, 5) is 12.6. The number of hydrogen-bond acceptors (Lipinski definition) is 6. The van der Waals surface area contributed by atoms with E-state index < -0.39 is 21.8 Å². The fourth-order valence-corrected chi connectivity index (χ4v) is 5.61. The molecule has 0 bridgehead atoms. The summed E-state index contributed by atoms with van der Waals surface area (Å²) in [5, 5.41) is 3.73. The van der Waals surface area contributed by atoms with Gasteiger partial charge in [-0.3, -0.25) is 4.98 Å². The van der Waals surface area contributed by atoms with Gasteiger partial charge in [0, 0.05) is 35.9 Å². The minimum absolute atomic E-state index is 0.176. The van der Waals surface area contributed by atoms with E-state index in [-0.39, 0.29) is 16.2 Å². The molecule has 0 atom stereocenters. The molecule has 7 nitrogen and oxygen atoms in total. The molecule has 0 saturated carbocycles. The van der Waals surface area contributed by atoms with E-state index >= 15 is 0 Å². The minimum atomic E-state index is -4.54. The van der Waals surface area contributed by atoms with Gasteiger partial charge < -0.3 is 5.32 Å². The highest BCUT2D eigenvalue weighted by molar-refractivity contribution is 7.89. The number of nitrogens with zero attached hydrogens (tertiary/aromatic N) is 4. The zero-order valence-corrected chi connectivity index (χ0v) is 19.1. The largest absolute Gasteiger partial charge is 0.418 e. The van der Waals surface area contributed by atoms with Crippen LogP contribution in [0.4, 0.5) is 24.7 Å². The molecule has 3 heterocycles. The molecule has 1 aliphatic rings. The zero-order chi connectivity index (χ0) is 24.6. The summed E-state index contributed by atoms with van der Waals surface area (Å²) in [5.74, 6) is 0.439. The average molecular weight is 500 g/mol. The first-order valence-corrected chi connectivity index (χ1v) is 12.3. The first kappa shape index (κ1) is 23.2. The van der Waals surface area contributed by atoms with E-state index in [1.165, 1.54) is 41.1 Å². The third-order valence-electron chi connectivity index (χ3n) is 5.84. The number of sulfonamides is 1. The standard InChI is InChI=1S/C24H20F3N5O2S/c25-24(26,27)20-4-3-11-28-22(20)16-5-10-19-21(14-16)29-15-30-23(19)31-17-6-8-18(9-7-17)35(33,34)32-12-1-2-13-32/h3-11,14-15H,1-2,12-13H2,(H,29,30,31). The summed E-state index contributed by atoms with van der Waals surface area (Å²) in [6.07, 6.45) is -0.192. The molecule has 4 aromatic rings. The predicted octanol–water partition coefficient (Wildman–Crippen LogP) is 5.24. The van der Waals surface area contributed by atoms with E-state index in [1.807, 2.05) is 0 Å². The van der Waals surface area contributed by atoms with Crippen molar-refractivity contribution >= 4 is 32.4 Å². The molecule has 0 amide bonds. The van der Waals surface area contributed by atoms with E-state index in [2.05, 4.69) is 20.3 Å². The summed E-state index contributed by atoms with van der Waals surface area (Å²) in [6, 6.07) is 13.3. The highest BCUT2D eigenvalue weighted by Crippen LogP contribution is 2.37. The number of fused-ring (bicyclic) bond motifs is 1. The summed E-state index contributed by atoms with van der Waals surface area (Å²) in [7, 11) is -3.51. The summed E-state index contributed by atoms with van der Waals surface area (Å²) < 4.78 is 67.2. The Kier molecular flexibility index (Phi) is 5.89. The summed E-state index contributed by atoms with van der Waals surface area (Å²) in [6.45, 7) is 1.06. The zero-order valence-electron chi connectivity index (χ0n) is 18.3. The van der Waals surface area contributed by atoms with Gasteiger partial charge >= 0.3 is 6.18 Å². The molecule has 1 N–H and O–H groups in total. The van der Waals surface area contributed by atoms with Crippen molar-refractivity contribution in [2.45, 2.75) is 23.9 Å². The monoisotopic (exact) mass is 499 g/mol. The number of anilines is 2. The fourth-order valence-electron chi connectivity index (χ4n) is 4.09. The maximum Gasteiger partial charge on any atom is 0.418 e. The molecule has 1 saturated heterocycles. The van der Waals surface area contributed by atoms with Crippen LogP contribution in [0.5, 0.6) is 0 Å². The number of aromatic nitrogens is 3. The molecule has 11 heteroatoms. The molecule has 0 spiro atoms. The van der Waals surface area contributed by atoms with Crippen LogP contribution in [-0.2, 0) is 16.2 Å². The Balaban J connectivity index is 1.44. The maximum atomic E-state index is 13.4. The van der Waals surface area contributed by atoms with Crippen molar-refractivity contribution in [1.82, 2.24) is 19.3 Å². The molecular weight excluding hydrogens is 479 g/mol. The summed E-state index contributed by atoms with van der Waals surface area (Å²) >= 11 is 0. The highest BCUT2D eigenvalue weighted by Gasteiger charge is 2.34. The van der Waals surface area contributed by atoms with Crippen LogP contribution in [-0.4, -0.2) is 40.8 Å². The minimum Gasteiger partial charge on any atom is -0.340 e. The molecule has 2 aromatic carbocycles. The number of alkyl halides is 3. The Hall–Kier alpha value is -3.57. The average Bonchev–Trinajstić information content (AvgIpc) is 3.40. The molecular formula is C24H20F3N5O2S. The van der Waals surface area contributed by atoms with Crippen molar-refractivity contribution in [2.75, 3.05) is 18.4 Å². The lowest BCUT2D eigenvalue weighted by atomic mass is 10.0. The number of benzene rings is 2. The third-order valence-corrected chi connectivity index (χ3v) is 7.76. The van der Waals surface area contributed by atoms with Gasteiger partial charge in [-0.2, -0.15) is 17.5 Å². The fraction of sp³-hybridized carbons (Fsp3) is 0.208. The van der Waals surface area contributed by atoms with Gasteiger partial charge in [-0.1, -0.05) is 6.07 Å². The van der Waals surface area contributed by atoms with Crippen LogP contribution < -0.4 is 5.32 Å². The van der Waals surface area contributed by atoms with Gasteiger partial charge in [0.25, 0.3) is 0 Å². The predicted molar refractivity (Wildman–Crippen MR) is 125 cm³/mol. The molecule has 2 aromatic heterocycles. The quantitative estimate of drug-likeness (QED) is 0.404. The number of rotatable bonds is 5. The first-order valence-electron chi connectivity index (χ1n) is 10.9. The second kappa shape index (κ2) is 8.90. The molecule has 1 fully saturated rings. The van der Waals surface area contributed by atoms with Crippen molar-refractivity contribution < 1.29 is 21.6 Å². The second-order valence-corrected chi connectivity index (χ2v) is 10.1. The Morgan fingerprint density at radius 3 is 2.37 bits per heavy atom. The topological polar surface area (TPSA) is 88.1 Å². The number of hydrogen-bond donors (Lipinski definition) is 1. The normalized spacial score (nSPS) is 14.9. The van der Waals surface area contributed by atoms with Crippen molar-refractivity contribution in [3.8, 4) is 11.3 Å². The molecule has 35 heavy (non-hydrogen) atoms. The SMILES string of the molecule is O=S(=O)(c1ccc(Nc2ncnc3cc(-c4ncccc4C(F)(F)F)ccc23)cc1)N1CCCC1. The molecule has 0 unspecified atom stereocenters. The Bertz CT molecular complexity index is 1490. The highest BCUT2D eigenvalue weighted by atomic mass is 32.2. The first-order chi connectivity index (χ1) is 16.7. The molecule has 1 aliphatic heterocycles. The number of pyridine rings is 1. The smallest absolute Gasteiger partial charge is 0.340 e. The van der Waals surface area contributed by atoms with Gasteiger partial charge in [-0.05, 0) is 61.4 Å². The van der Waals surface area contributed by atoms with Crippen LogP contribution in [0.1, 0.15) is 18.4 Å². The Morgan fingerprint density at radius 1 is 0.914 bits per heavy atom. The molecule has 0 radical (unpaired) electrons. The molecule has 0 aliphatic carbocycles. The van der Waals surface area contributed by atoms with Gasteiger partial charge in [0.15, 0.2) is 0 Å². The van der Waals surface area contributed by atoms with Crippen LogP contribution in [0.3, 0.4) is 0 Å². The van der Waals surface area contributed by atoms with Crippen molar-refractivity contribution in [3.63, 3.8) is 0 Å². The van der Waals surface area contributed by atoms with Gasteiger partial charge in [-0.15, -0.1) is 0 Å². The van der Waals surface area contributed by atoms with Crippen LogP contribution in [0.25, 0.3) is 22.2 Å². The van der Waals surface area contributed by atoms with Gasteiger partial charge in [0.1, 0.15) is 12.1 Å². The van der Waals surface area contributed by atoms with Crippen LogP contribution in [0, 0.1) is 0 Å². The van der Waals surface area contributed by atoms with E-state index in [9.17, 15) is 21.6 Å². The molecule has 5 rings (SSSR count). The van der Waals surface area contributed by atoms with E-state index in [1.54, 1.807) is 24.3 Å². The van der Waals surface area contributed by atoms with Gasteiger partial charge in [-0.25, -0.2) is 18.4 Å². The third kappa shape index (κ3) is 4.56. The van der Waals surface area contributed by atoms with Crippen LogP contribution in [0.2, 0.25) is 0 Å². The van der Waals surface area contributed by atoms with E-state index in [0.717, 1.165) is 18.9 Å². The van der Waals surface area contributed by atoms with Crippen molar-refractivity contribution in [3.05, 3.63) is 72.7 Å². The summed E-state index contributed by atoms with van der Waals surface area (Å²) in [5.41, 5.74) is 0.331. The van der Waals surface area contributed by atoms with Crippen molar-refractivity contribution in [2.24, 2.45) is 0 Å². The van der Waals surface area contributed by atoms with E-state index in [0.29, 0.717) is 35.5 Å². The maximum absolute atomic E-state index is 13.4. The lowest BCUT2D eigenvalue weighted by molar-refractivity contribution is -0.137. The number of nitrogens with one attached hydrogen (secondary N) is 1. The second-order valence-electron chi connectivity index (χ2n) is 8.11. The van der Waals surface area contributed by atoms with E-state index in [4.69, 9.17) is 0 Å². The Labute approximate surface area is 199 Å². The van der Waals surface area contributed by atoms with Gasteiger partial charge in [0.05, 0.1) is 21.7 Å². The van der Waals surface area contributed by atoms with Gasteiger partial charge in [0.2, 0.25) is 10.0 Å². The lowest BCUT2D eigenvalue weighted by Crippen LogP contribution is -2.27. The van der Waals surface area contributed by atoms with Crippen molar-refractivity contribution in [1.29, 1.82) is 0 Å². The lowest BCUT2D eigenvalue weighted by Gasteiger charge is -2.16. The van der Waals surface area contributed by atoms with Crippen LogP contribution >= 0.6 is 0 Å². The number of halogens is 3. The molecule has 180 valence electrons. The van der Waals surface area contributed by atoms with Crippen LogP contribution in [0.15, 0.2) is 72.0 Å². The Morgan fingerprint density at radius 2 is 1.66 bits per heavy atom.